The van der Waals surface area contributed by atoms with Crippen LogP contribution in [0.4, 0.5) is 4.79 Å². The Morgan fingerprint density at radius 2 is 1.54 bits per heavy atom. The van der Waals surface area contributed by atoms with Gasteiger partial charge in [-0.3, -0.25) is 4.79 Å². The molecule has 0 radical (unpaired) electrons. The highest BCUT2D eigenvalue weighted by Gasteiger charge is 2.22. The number of nitrogens with zero attached hydrogens (tertiary/aromatic N) is 2. The lowest BCUT2D eigenvalue weighted by Crippen LogP contribution is -2.50. The van der Waals surface area contributed by atoms with Crippen LogP contribution in [0.3, 0.4) is 0 Å². The Balaban J connectivity index is 2.39. The zero-order valence-electron chi connectivity index (χ0n) is 7.95. The summed E-state index contributed by atoms with van der Waals surface area (Å²) in [5, 5.41) is 0. The van der Waals surface area contributed by atoms with E-state index in [1.54, 1.807) is 9.80 Å². The second kappa shape index (κ2) is 4.11. The number of methoxy groups -OCH3 is 1. The molecule has 0 aliphatic carbocycles. The molecule has 74 valence electrons. The molecule has 5 heteroatoms. The predicted molar refractivity (Wildman–Crippen MR) is 46.2 cm³/mol. The van der Waals surface area contributed by atoms with Gasteiger partial charge in [-0.1, -0.05) is 0 Å². The Hall–Kier alpha value is -1.26. The van der Waals surface area contributed by atoms with Gasteiger partial charge in [-0.15, -0.1) is 0 Å². The van der Waals surface area contributed by atoms with Crippen molar-refractivity contribution < 1.29 is 14.3 Å². The summed E-state index contributed by atoms with van der Waals surface area (Å²) in [6.07, 6.45) is -0.316. The second-order valence-corrected chi connectivity index (χ2v) is 2.96. The molecular weight excluding hydrogens is 172 g/mol. The SMILES string of the molecule is COC(=O)N1CCN(C(C)=O)CC1. The van der Waals surface area contributed by atoms with E-state index in [4.69, 9.17) is 0 Å². The van der Waals surface area contributed by atoms with Crippen LogP contribution in [-0.2, 0) is 9.53 Å². The lowest BCUT2D eigenvalue weighted by molar-refractivity contribution is -0.130. The molecule has 0 aromatic rings. The van der Waals surface area contributed by atoms with Crippen molar-refractivity contribution >= 4 is 12.0 Å². The highest BCUT2D eigenvalue weighted by atomic mass is 16.5. The number of amides is 2. The summed E-state index contributed by atoms with van der Waals surface area (Å²) in [6.45, 7) is 3.86. The van der Waals surface area contributed by atoms with Crippen molar-refractivity contribution in [2.75, 3.05) is 33.3 Å². The van der Waals surface area contributed by atoms with Crippen LogP contribution in [0.15, 0.2) is 0 Å². The third-order valence-corrected chi connectivity index (χ3v) is 2.16. The van der Waals surface area contributed by atoms with E-state index >= 15 is 0 Å². The number of ether oxygens (including phenoxy) is 1. The minimum atomic E-state index is -0.316. The first kappa shape index (κ1) is 9.83. The minimum Gasteiger partial charge on any atom is -0.453 e. The Labute approximate surface area is 77.2 Å². The summed E-state index contributed by atoms with van der Waals surface area (Å²) >= 11 is 0. The third kappa shape index (κ3) is 2.34. The van der Waals surface area contributed by atoms with E-state index in [-0.39, 0.29) is 12.0 Å². The van der Waals surface area contributed by atoms with Gasteiger partial charge in [-0.05, 0) is 0 Å². The minimum absolute atomic E-state index is 0.0597. The molecule has 1 rings (SSSR count). The van der Waals surface area contributed by atoms with Crippen LogP contribution < -0.4 is 0 Å². The van der Waals surface area contributed by atoms with Crippen molar-refractivity contribution in [2.24, 2.45) is 0 Å². The van der Waals surface area contributed by atoms with E-state index in [1.807, 2.05) is 0 Å². The van der Waals surface area contributed by atoms with E-state index in [0.717, 1.165) is 0 Å². The summed E-state index contributed by atoms with van der Waals surface area (Å²) in [5.74, 6) is 0.0597. The average Bonchev–Trinajstić information content (AvgIpc) is 2.17. The fraction of sp³-hybridized carbons (Fsp3) is 0.750. The van der Waals surface area contributed by atoms with Gasteiger partial charge in [-0.2, -0.15) is 0 Å². The molecule has 0 bridgehead atoms. The molecule has 0 atom stereocenters. The Kier molecular flexibility index (Phi) is 3.11. The number of rotatable bonds is 0. The van der Waals surface area contributed by atoms with Gasteiger partial charge in [0.25, 0.3) is 0 Å². The van der Waals surface area contributed by atoms with E-state index in [2.05, 4.69) is 4.74 Å². The Morgan fingerprint density at radius 3 is 1.92 bits per heavy atom. The summed E-state index contributed by atoms with van der Waals surface area (Å²) in [5.41, 5.74) is 0. The molecular formula is C8H14N2O3. The number of hydrogen-bond donors (Lipinski definition) is 0. The summed E-state index contributed by atoms with van der Waals surface area (Å²) in [6, 6.07) is 0. The summed E-state index contributed by atoms with van der Waals surface area (Å²) < 4.78 is 4.57. The van der Waals surface area contributed by atoms with E-state index in [0.29, 0.717) is 26.2 Å². The first-order valence-corrected chi connectivity index (χ1v) is 4.23. The molecule has 0 aromatic heterocycles. The van der Waals surface area contributed by atoms with Crippen LogP contribution in [-0.4, -0.2) is 55.1 Å². The zero-order chi connectivity index (χ0) is 9.84. The maximum atomic E-state index is 11.0. The van der Waals surface area contributed by atoms with E-state index in [9.17, 15) is 9.59 Å². The number of piperazine rings is 1. The van der Waals surface area contributed by atoms with Crippen molar-refractivity contribution in [3.05, 3.63) is 0 Å². The van der Waals surface area contributed by atoms with Gasteiger partial charge in [0, 0.05) is 33.1 Å². The van der Waals surface area contributed by atoms with Gasteiger partial charge in [0.2, 0.25) is 5.91 Å². The topological polar surface area (TPSA) is 49.9 Å². The third-order valence-electron chi connectivity index (χ3n) is 2.16. The van der Waals surface area contributed by atoms with E-state index in [1.165, 1.54) is 14.0 Å². The molecule has 1 saturated heterocycles. The maximum Gasteiger partial charge on any atom is 0.409 e. The first-order valence-electron chi connectivity index (χ1n) is 4.23. The molecule has 0 saturated carbocycles. The van der Waals surface area contributed by atoms with Gasteiger partial charge in [0.1, 0.15) is 0 Å². The van der Waals surface area contributed by atoms with Crippen molar-refractivity contribution in [1.29, 1.82) is 0 Å². The largest absolute Gasteiger partial charge is 0.453 e. The van der Waals surface area contributed by atoms with Crippen molar-refractivity contribution in [1.82, 2.24) is 9.80 Å². The smallest absolute Gasteiger partial charge is 0.409 e. The lowest BCUT2D eigenvalue weighted by atomic mass is 10.3. The standard InChI is InChI=1S/C8H14N2O3/c1-7(11)9-3-5-10(6-4-9)8(12)13-2/h3-6H2,1-2H3. The van der Waals surface area contributed by atoms with Crippen LogP contribution >= 0.6 is 0 Å². The molecule has 0 spiro atoms. The average molecular weight is 186 g/mol. The highest BCUT2D eigenvalue weighted by Crippen LogP contribution is 2.02. The van der Waals surface area contributed by atoms with Gasteiger partial charge in [-0.25, -0.2) is 4.79 Å². The van der Waals surface area contributed by atoms with Crippen LogP contribution in [0.2, 0.25) is 0 Å². The van der Waals surface area contributed by atoms with Crippen LogP contribution in [0, 0.1) is 0 Å². The molecule has 1 aliphatic heterocycles. The molecule has 0 N–H and O–H groups in total. The molecule has 13 heavy (non-hydrogen) atoms. The maximum absolute atomic E-state index is 11.0. The highest BCUT2D eigenvalue weighted by molar-refractivity contribution is 5.74. The summed E-state index contributed by atoms with van der Waals surface area (Å²) in [7, 11) is 1.36. The van der Waals surface area contributed by atoms with Gasteiger partial charge in [0.05, 0.1) is 7.11 Å². The molecule has 5 nitrogen and oxygen atoms in total. The normalized spacial score (nSPS) is 17.1. The number of hydrogen-bond acceptors (Lipinski definition) is 3. The molecule has 1 fully saturated rings. The molecule has 0 aromatic carbocycles. The lowest BCUT2D eigenvalue weighted by Gasteiger charge is -2.33. The second-order valence-electron chi connectivity index (χ2n) is 2.96. The van der Waals surface area contributed by atoms with Gasteiger partial charge < -0.3 is 14.5 Å². The first-order chi connectivity index (χ1) is 6.15. The fourth-order valence-electron chi connectivity index (χ4n) is 1.33. The quantitative estimate of drug-likeness (QED) is 0.531. The van der Waals surface area contributed by atoms with Gasteiger partial charge >= 0.3 is 6.09 Å². The van der Waals surface area contributed by atoms with Crippen molar-refractivity contribution in [3.63, 3.8) is 0 Å². The van der Waals surface area contributed by atoms with E-state index < -0.39 is 0 Å². The molecule has 1 heterocycles. The molecule has 1 aliphatic rings. The Morgan fingerprint density at radius 1 is 1.08 bits per heavy atom. The predicted octanol–water partition coefficient (Wildman–Crippen LogP) is -0.0831. The number of carbonyl (C=O) groups excluding carboxylic acids is 2. The number of carbonyl (C=O) groups is 2. The zero-order valence-corrected chi connectivity index (χ0v) is 7.95. The fourth-order valence-corrected chi connectivity index (χ4v) is 1.33. The van der Waals surface area contributed by atoms with Crippen LogP contribution in [0.5, 0.6) is 0 Å². The molecule has 0 unspecified atom stereocenters. The van der Waals surface area contributed by atoms with Crippen LogP contribution in [0.25, 0.3) is 0 Å². The van der Waals surface area contributed by atoms with Crippen molar-refractivity contribution in [3.8, 4) is 0 Å². The van der Waals surface area contributed by atoms with Crippen LogP contribution in [0.1, 0.15) is 6.92 Å². The van der Waals surface area contributed by atoms with Crippen molar-refractivity contribution in [2.45, 2.75) is 6.92 Å². The van der Waals surface area contributed by atoms with Gasteiger partial charge in [0.15, 0.2) is 0 Å². The molecule has 2 amide bonds. The summed E-state index contributed by atoms with van der Waals surface area (Å²) in [4.78, 5) is 25.3. The Bertz CT molecular complexity index is 209. The monoisotopic (exact) mass is 186 g/mol.